The van der Waals surface area contributed by atoms with E-state index in [9.17, 15) is 14.4 Å². The molecule has 5 rings (SSSR count). The number of imide groups is 1. The van der Waals surface area contributed by atoms with Crippen molar-refractivity contribution in [1.82, 2.24) is 9.47 Å². The Hall–Kier alpha value is -3.15. The first-order valence-electron chi connectivity index (χ1n) is 10.7. The van der Waals surface area contributed by atoms with Crippen molar-refractivity contribution in [3.05, 3.63) is 42.5 Å². The van der Waals surface area contributed by atoms with Crippen LogP contribution in [0.25, 0.3) is 21.8 Å². The Morgan fingerprint density at radius 3 is 2.33 bits per heavy atom. The number of carbonyl (C=O) groups excluding carboxylic acids is 3. The maximum absolute atomic E-state index is 12.7. The highest BCUT2D eigenvalue weighted by Gasteiger charge is 2.48. The fourth-order valence-corrected chi connectivity index (χ4v) is 5.20. The van der Waals surface area contributed by atoms with Gasteiger partial charge in [-0.05, 0) is 44.0 Å². The van der Waals surface area contributed by atoms with E-state index < -0.39 is 0 Å². The fourth-order valence-electron chi connectivity index (χ4n) is 5.20. The summed E-state index contributed by atoms with van der Waals surface area (Å²) in [7, 11) is 0. The number of hydrogen-bond donors (Lipinski definition) is 1. The first kappa shape index (κ1) is 18.9. The topological polar surface area (TPSA) is 71.4 Å². The molecule has 3 amide bonds. The van der Waals surface area contributed by atoms with Gasteiger partial charge in [0.05, 0.1) is 11.8 Å². The number of para-hydroxylation sites is 1. The number of aromatic nitrogens is 1. The molecule has 2 unspecified atom stereocenters. The number of nitrogens with one attached hydrogen (secondary N) is 1. The van der Waals surface area contributed by atoms with Crippen LogP contribution in [0.15, 0.2) is 42.5 Å². The summed E-state index contributed by atoms with van der Waals surface area (Å²) in [5, 5.41) is 5.09. The number of rotatable bonds is 4. The second-order valence-corrected chi connectivity index (χ2v) is 8.30. The van der Waals surface area contributed by atoms with Gasteiger partial charge in [0.15, 0.2) is 0 Å². The quantitative estimate of drug-likeness (QED) is 0.671. The van der Waals surface area contributed by atoms with Gasteiger partial charge in [0.1, 0.15) is 6.54 Å². The molecule has 1 saturated heterocycles. The highest BCUT2D eigenvalue weighted by Crippen LogP contribution is 2.38. The van der Waals surface area contributed by atoms with E-state index in [-0.39, 0.29) is 36.1 Å². The van der Waals surface area contributed by atoms with Crippen LogP contribution >= 0.6 is 0 Å². The van der Waals surface area contributed by atoms with Crippen LogP contribution in [-0.4, -0.2) is 33.7 Å². The van der Waals surface area contributed by atoms with Crippen LogP contribution in [0.4, 0.5) is 5.69 Å². The second-order valence-electron chi connectivity index (χ2n) is 8.30. The molecular formula is C24H25N3O3. The summed E-state index contributed by atoms with van der Waals surface area (Å²) in [6, 6.07) is 14.1. The van der Waals surface area contributed by atoms with E-state index in [1.165, 1.54) is 0 Å². The zero-order chi connectivity index (χ0) is 20.8. The largest absolute Gasteiger partial charge is 0.341 e. The van der Waals surface area contributed by atoms with E-state index in [4.69, 9.17) is 0 Å². The van der Waals surface area contributed by atoms with E-state index in [1.807, 2.05) is 30.3 Å². The van der Waals surface area contributed by atoms with Crippen LogP contribution < -0.4 is 5.32 Å². The van der Waals surface area contributed by atoms with Gasteiger partial charge in [-0.2, -0.15) is 0 Å². The first-order valence-corrected chi connectivity index (χ1v) is 10.7. The molecule has 1 aliphatic carbocycles. The summed E-state index contributed by atoms with van der Waals surface area (Å²) in [6.45, 7) is 2.76. The lowest BCUT2D eigenvalue weighted by molar-refractivity contribution is -0.142. The molecule has 2 atom stereocenters. The SMILES string of the molecule is CCn1c2ccccc2c2cc(NC(=O)CN3C(=O)C4CCCCC4C3=O)ccc21. The Bertz CT molecular complexity index is 1160. The predicted molar refractivity (Wildman–Crippen MR) is 116 cm³/mol. The molecule has 0 bridgehead atoms. The summed E-state index contributed by atoms with van der Waals surface area (Å²) in [4.78, 5) is 39.1. The molecular weight excluding hydrogens is 378 g/mol. The van der Waals surface area contributed by atoms with Gasteiger partial charge in [-0.15, -0.1) is 0 Å². The van der Waals surface area contributed by atoms with Gasteiger partial charge in [0, 0.05) is 34.0 Å². The van der Waals surface area contributed by atoms with Gasteiger partial charge in [-0.25, -0.2) is 0 Å². The molecule has 1 aromatic heterocycles. The number of aryl methyl sites for hydroxylation is 1. The molecule has 2 fully saturated rings. The fraction of sp³-hybridized carbons (Fsp3) is 0.375. The van der Waals surface area contributed by atoms with Crippen molar-refractivity contribution in [2.45, 2.75) is 39.2 Å². The molecule has 2 heterocycles. The molecule has 6 heteroatoms. The second kappa shape index (κ2) is 7.27. The maximum Gasteiger partial charge on any atom is 0.244 e. The first-order chi connectivity index (χ1) is 14.6. The normalized spacial score (nSPS) is 21.4. The number of hydrogen-bond acceptors (Lipinski definition) is 3. The summed E-state index contributed by atoms with van der Waals surface area (Å²) in [5.74, 6) is -1.15. The molecule has 6 nitrogen and oxygen atoms in total. The van der Waals surface area contributed by atoms with Crippen molar-refractivity contribution < 1.29 is 14.4 Å². The lowest BCUT2D eigenvalue weighted by Gasteiger charge is -2.19. The minimum Gasteiger partial charge on any atom is -0.341 e. The predicted octanol–water partition coefficient (Wildman–Crippen LogP) is 3.93. The zero-order valence-electron chi connectivity index (χ0n) is 17.1. The van der Waals surface area contributed by atoms with Gasteiger partial charge in [0.25, 0.3) is 0 Å². The van der Waals surface area contributed by atoms with Gasteiger partial charge >= 0.3 is 0 Å². The molecule has 1 saturated carbocycles. The van der Waals surface area contributed by atoms with Crippen LogP contribution in [-0.2, 0) is 20.9 Å². The van der Waals surface area contributed by atoms with Crippen LogP contribution in [0.2, 0.25) is 0 Å². The molecule has 30 heavy (non-hydrogen) atoms. The Labute approximate surface area is 174 Å². The summed E-state index contributed by atoms with van der Waals surface area (Å²) < 4.78 is 2.25. The third kappa shape index (κ3) is 2.90. The molecule has 1 N–H and O–H groups in total. The van der Waals surface area contributed by atoms with E-state index in [1.54, 1.807) is 0 Å². The molecule has 3 aromatic rings. The number of nitrogens with zero attached hydrogens (tertiary/aromatic N) is 2. The number of amides is 3. The van der Waals surface area contributed by atoms with Crippen molar-refractivity contribution in [2.75, 3.05) is 11.9 Å². The molecule has 2 aromatic carbocycles. The third-order valence-corrected chi connectivity index (χ3v) is 6.61. The van der Waals surface area contributed by atoms with Gasteiger partial charge in [0.2, 0.25) is 17.7 Å². The van der Waals surface area contributed by atoms with Gasteiger partial charge in [-0.1, -0.05) is 31.0 Å². The maximum atomic E-state index is 12.7. The van der Waals surface area contributed by atoms with Crippen LogP contribution in [0.1, 0.15) is 32.6 Å². The smallest absolute Gasteiger partial charge is 0.244 e. The van der Waals surface area contributed by atoms with Crippen LogP contribution in [0.3, 0.4) is 0 Å². The lowest BCUT2D eigenvalue weighted by atomic mass is 9.81. The van der Waals surface area contributed by atoms with E-state index in [0.29, 0.717) is 5.69 Å². The number of fused-ring (bicyclic) bond motifs is 4. The summed E-state index contributed by atoms with van der Waals surface area (Å²) >= 11 is 0. The van der Waals surface area contributed by atoms with E-state index in [2.05, 4.69) is 28.9 Å². The number of carbonyl (C=O) groups is 3. The monoisotopic (exact) mass is 403 g/mol. The van der Waals surface area contributed by atoms with Crippen LogP contribution in [0.5, 0.6) is 0 Å². The van der Waals surface area contributed by atoms with Gasteiger partial charge in [-0.3, -0.25) is 19.3 Å². The summed E-state index contributed by atoms with van der Waals surface area (Å²) in [6.07, 6.45) is 3.47. The molecule has 0 spiro atoms. The van der Waals surface area contributed by atoms with Crippen molar-refractivity contribution in [3.8, 4) is 0 Å². The molecule has 0 radical (unpaired) electrons. The lowest BCUT2D eigenvalue weighted by Crippen LogP contribution is -2.38. The van der Waals surface area contributed by atoms with E-state index in [0.717, 1.165) is 58.9 Å². The number of anilines is 1. The molecule has 2 aliphatic rings. The van der Waals surface area contributed by atoms with Crippen molar-refractivity contribution in [1.29, 1.82) is 0 Å². The van der Waals surface area contributed by atoms with Crippen molar-refractivity contribution in [3.63, 3.8) is 0 Å². The van der Waals surface area contributed by atoms with Gasteiger partial charge < -0.3 is 9.88 Å². The Kier molecular flexibility index (Phi) is 4.57. The Morgan fingerprint density at radius 2 is 1.63 bits per heavy atom. The average molecular weight is 403 g/mol. The van der Waals surface area contributed by atoms with Crippen molar-refractivity contribution in [2.24, 2.45) is 11.8 Å². The van der Waals surface area contributed by atoms with Crippen molar-refractivity contribution >= 4 is 45.2 Å². The number of likely N-dealkylation sites (tertiary alicyclic amines) is 1. The third-order valence-electron chi connectivity index (χ3n) is 6.61. The highest BCUT2D eigenvalue weighted by atomic mass is 16.2. The highest BCUT2D eigenvalue weighted by molar-refractivity contribution is 6.11. The Morgan fingerprint density at radius 1 is 0.967 bits per heavy atom. The summed E-state index contributed by atoms with van der Waals surface area (Å²) in [5.41, 5.74) is 2.95. The van der Waals surface area contributed by atoms with E-state index >= 15 is 0 Å². The number of benzene rings is 2. The standard InChI is InChI=1S/C24H25N3O3/c1-2-26-20-10-6-5-7-16(20)19-13-15(11-12-21(19)26)25-22(28)14-27-23(29)17-8-3-4-9-18(17)24(27)30/h5-7,10-13,17-18H,2-4,8-9,14H2,1H3,(H,25,28). The Balaban J connectivity index is 1.38. The average Bonchev–Trinajstić information content (AvgIpc) is 3.21. The zero-order valence-corrected chi connectivity index (χ0v) is 17.1. The minimum absolute atomic E-state index is 0.179. The molecule has 1 aliphatic heterocycles. The minimum atomic E-state index is -0.339. The van der Waals surface area contributed by atoms with Crippen LogP contribution in [0, 0.1) is 11.8 Å². The molecule has 154 valence electrons.